The van der Waals surface area contributed by atoms with E-state index < -0.39 is 18.4 Å². The number of aliphatic carboxylic acids is 1. The molecule has 0 saturated heterocycles. The van der Waals surface area contributed by atoms with E-state index in [1.807, 2.05) is 0 Å². The predicted octanol–water partition coefficient (Wildman–Crippen LogP) is 0.481. The molecule has 0 aliphatic carbocycles. The number of nitrogens with zero attached hydrogens (tertiary/aromatic N) is 2. The van der Waals surface area contributed by atoms with Crippen LogP contribution in [-0.2, 0) is 16.0 Å². The summed E-state index contributed by atoms with van der Waals surface area (Å²) in [6, 6.07) is 7.07. The van der Waals surface area contributed by atoms with Crippen LogP contribution in [0, 0.1) is 0 Å². The normalized spacial score (nSPS) is 9.96. The van der Waals surface area contributed by atoms with Crippen LogP contribution in [0.25, 0.3) is 0 Å². The summed E-state index contributed by atoms with van der Waals surface area (Å²) in [4.78, 5) is 41.7. The highest BCUT2D eigenvalue weighted by Crippen LogP contribution is 2.12. The zero-order valence-corrected chi connectivity index (χ0v) is 13.4. The van der Waals surface area contributed by atoms with Gasteiger partial charge in [0.15, 0.2) is 5.82 Å². The molecule has 2 aromatic rings. The molecule has 0 saturated carbocycles. The lowest BCUT2D eigenvalue weighted by molar-refractivity contribution is -0.135. The van der Waals surface area contributed by atoms with Crippen LogP contribution in [-0.4, -0.2) is 46.5 Å². The van der Waals surface area contributed by atoms with Crippen molar-refractivity contribution >= 4 is 23.6 Å². The van der Waals surface area contributed by atoms with Gasteiger partial charge in [0, 0.05) is 0 Å². The van der Waals surface area contributed by atoms with Crippen LogP contribution < -0.4 is 15.4 Å². The van der Waals surface area contributed by atoms with Crippen molar-refractivity contribution in [2.45, 2.75) is 6.42 Å². The van der Waals surface area contributed by atoms with Gasteiger partial charge in [0.05, 0.1) is 25.9 Å². The molecule has 9 heteroatoms. The second-order valence-corrected chi connectivity index (χ2v) is 4.94. The number of carbonyl (C=O) groups excluding carboxylic acids is 2. The third-order valence-electron chi connectivity index (χ3n) is 3.08. The van der Waals surface area contributed by atoms with Crippen molar-refractivity contribution in [3.05, 3.63) is 47.9 Å². The Morgan fingerprint density at radius 2 is 1.84 bits per heavy atom. The van der Waals surface area contributed by atoms with Crippen molar-refractivity contribution in [3.63, 3.8) is 0 Å². The number of carbonyl (C=O) groups is 3. The first-order valence-electron chi connectivity index (χ1n) is 7.22. The third-order valence-corrected chi connectivity index (χ3v) is 3.08. The predicted molar refractivity (Wildman–Crippen MR) is 87.3 cm³/mol. The maximum absolute atomic E-state index is 12.0. The third kappa shape index (κ3) is 5.57. The zero-order valence-electron chi connectivity index (χ0n) is 13.4. The Kier molecular flexibility index (Phi) is 5.99. The van der Waals surface area contributed by atoms with E-state index in [1.54, 1.807) is 31.4 Å². The number of nitrogens with one attached hydrogen (secondary N) is 2. The van der Waals surface area contributed by atoms with Crippen molar-refractivity contribution in [2.75, 3.05) is 19.0 Å². The van der Waals surface area contributed by atoms with Crippen molar-refractivity contribution in [2.24, 2.45) is 0 Å². The number of amides is 2. The summed E-state index contributed by atoms with van der Waals surface area (Å²) in [6.07, 6.45) is 2.52. The fraction of sp³-hybridized carbons (Fsp3) is 0.188. The maximum Gasteiger partial charge on any atom is 0.322 e. The van der Waals surface area contributed by atoms with E-state index in [0.29, 0.717) is 5.75 Å². The second-order valence-electron chi connectivity index (χ2n) is 4.94. The molecule has 0 aliphatic rings. The van der Waals surface area contributed by atoms with Gasteiger partial charge in [-0.05, 0) is 17.7 Å². The average molecular weight is 344 g/mol. The molecule has 0 radical (unpaired) electrons. The second kappa shape index (κ2) is 8.39. The first kappa shape index (κ1) is 17.9. The Morgan fingerprint density at radius 1 is 1.12 bits per heavy atom. The van der Waals surface area contributed by atoms with Gasteiger partial charge in [-0.1, -0.05) is 12.1 Å². The SMILES string of the molecule is COc1ccc(CC(=O)Nc2cnc(C(=O)NCC(=O)O)cn2)cc1. The number of methoxy groups -OCH3 is 1. The topological polar surface area (TPSA) is 131 Å². The van der Waals surface area contributed by atoms with Gasteiger partial charge in [-0.25, -0.2) is 9.97 Å². The molecule has 0 fully saturated rings. The molecule has 0 atom stereocenters. The van der Waals surface area contributed by atoms with Crippen LogP contribution in [0.4, 0.5) is 5.82 Å². The van der Waals surface area contributed by atoms with E-state index in [0.717, 1.165) is 11.8 Å². The molecule has 1 aromatic carbocycles. The van der Waals surface area contributed by atoms with E-state index in [-0.39, 0.29) is 23.8 Å². The number of benzene rings is 1. The Morgan fingerprint density at radius 3 is 2.40 bits per heavy atom. The van der Waals surface area contributed by atoms with Crippen LogP contribution >= 0.6 is 0 Å². The molecule has 2 amide bonds. The van der Waals surface area contributed by atoms with Crippen molar-refractivity contribution in [3.8, 4) is 5.75 Å². The first-order valence-corrected chi connectivity index (χ1v) is 7.22. The van der Waals surface area contributed by atoms with E-state index >= 15 is 0 Å². The van der Waals surface area contributed by atoms with Gasteiger partial charge in [0.25, 0.3) is 5.91 Å². The Bertz CT molecular complexity index is 759. The number of ether oxygens (including phenoxy) is 1. The van der Waals surface area contributed by atoms with Crippen molar-refractivity contribution in [1.82, 2.24) is 15.3 Å². The standard InChI is InChI=1S/C16H16N4O5/c1-25-11-4-2-10(3-5-11)6-14(21)20-13-8-17-12(7-18-13)16(24)19-9-15(22)23/h2-5,7-8H,6,9H2,1H3,(H,19,24)(H,22,23)(H,18,20,21). The number of rotatable bonds is 7. The van der Waals surface area contributed by atoms with Crippen LogP contribution in [0.2, 0.25) is 0 Å². The van der Waals surface area contributed by atoms with E-state index in [4.69, 9.17) is 9.84 Å². The summed E-state index contributed by atoms with van der Waals surface area (Å²) in [6.45, 7) is -0.513. The highest BCUT2D eigenvalue weighted by molar-refractivity contribution is 5.94. The van der Waals surface area contributed by atoms with Crippen LogP contribution in [0.3, 0.4) is 0 Å². The van der Waals surface area contributed by atoms with E-state index in [1.165, 1.54) is 6.20 Å². The number of hydrogen-bond donors (Lipinski definition) is 3. The van der Waals surface area contributed by atoms with E-state index in [2.05, 4.69) is 20.6 Å². The summed E-state index contributed by atoms with van der Waals surface area (Å²) in [5.41, 5.74) is 0.755. The van der Waals surface area contributed by atoms with Gasteiger partial charge < -0.3 is 20.5 Å². The monoisotopic (exact) mass is 344 g/mol. The minimum Gasteiger partial charge on any atom is -0.497 e. The number of aromatic nitrogens is 2. The lowest BCUT2D eigenvalue weighted by Gasteiger charge is -2.06. The lowest BCUT2D eigenvalue weighted by atomic mass is 10.1. The van der Waals surface area contributed by atoms with Gasteiger partial charge in [0.2, 0.25) is 5.91 Å². The molecule has 1 aromatic heterocycles. The molecule has 0 bridgehead atoms. The summed E-state index contributed by atoms with van der Waals surface area (Å²) < 4.78 is 5.05. The maximum atomic E-state index is 12.0. The smallest absolute Gasteiger partial charge is 0.322 e. The van der Waals surface area contributed by atoms with Crippen LogP contribution in [0.5, 0.6) is 5.75 Å². The van der Waals surface area contributed by atoms with E-state index in [9.17, 15) is 14.4 Å². The molecule has 130 valence electrons. The van der Waals surface area contributed by atoms with Crippen molar-refractivity contribution < 1.29 is 24.2 Å². The number of hydrogen-bond acceptors (Lipinski definition) is 6. The Balaban J connectivity index is 1.90. The van der Waals surface area contributed by atoms with Crippen LogP contribution in [0.1, 0.15) is 16.1 Å². The molecule has 25 heavy (non-hydrogen) atoms. The number of anilines is 1. The Labute approximate surface area is 143 Å². The molecule has 1 heterocycles. The molecule has 0 unspecified atom stereocenters. The Hall–Kier alpha value is -3.49. The molecule has 2 rings (SSSR count). The highest BCUT2D eigenvalue weighted by atomic mass is 16.5. The molecule has 9 nitrogen and oxygen atoms in total. The first-order chi connectivity index (χ1) is 12.0. The fourth-order valence-electron chi connectivity index (χ4n) is 1.87. The average Bonchev–Trinajstić information content (AvgIpc) is 2.61. The van der Waals surface area contributed by atoms with Crippen molar-refractivity contribution in [1.29, 1.82) is 0 Å². The van der Waals surface area contributed by atoms with Gasteiger partial charge >= 0.3 is 5.97 Å². The summed E-state index contributed by atoms with van der Waals surface area (Å²) >= 11 is 0. The highest BCUT2D eigenvalue weighted by Gasteiger charge is 2.10. The summed E-state index contributed by atoms with van der Waals surface area (Å²) in [5.74, 6) is -1.22. The molecular formula is C16H16N4O5. The largest absolute Gasteiger partial charge is 0.497 e. The minimum absolute atomic E-state index is 0.0468. The number of carboxylic acids is 1. The number of carboxylic acid groups (broad SMARTS) is 1. The summed E-state index contributed by atoms with van der Waals surface area (Å²) in [7, 11) is 1.56. The quantitative estimate of drug-likeness (QED) is 0.666. The van der Waals surface area contributed by atoms with Gasteiger partial charge in [-0.2, -0.15) is 0 Å². The van der Waals surface area contributed by atoms with Gasteiger partial charge in [-0.3, -0.25) is 14.4 Å². The molecule has 0 aliphatic heterocycles. The molecular weight excluding hydrogens is 328 g/mol. The zero-order chi connectivity index (χ0) is 18.2. The van der Waals surface area contributed by atoms with Gasteiger partial charge in [0.1, 0.15) is 18.0 Å². The minimum atomic E-state index is -1.16. The molecule has 3 N–H and O–H groups in total. The fourth-order valence-corrected chi connectivity index (χ4v) is 1.87. The lowest BCUT2D eigenvalue weighted by Crippen LogP contribution is -2.30. The van der Waals surface area contributed by atoms with Gasteiger partial charge in [-0.15, -0.1) is 0 Å². The van der Waals surface area contributed by atoms with Crippen LogP contribution in [0.15, 0.2) is 36.7 Å². The molecule has 0 spiro atoms. The summed E-state index contributed by atoms with van der Waals surface area (Å²) in [5, 5.41) is 13.2.